The standard InChI is InChI=1S/C14H18F3N5/c15-14(16,17)13-9-12(19-20-13)11-3-1-5-21(10-11)7-8-22-6-2-4-18-22/h2,4,6,9,11H,1,3,5,7-8,10H2,(H,19,20)/t11-/m0/s1. The van der Waals surface area contributed by atoms with Gasteiger partial charge in [-0.25, -0.2) is 0 Å². The minimum Gasteiger partial charge on any atom is -0.301 e. The van der Waals surface area contributed by atoms with E-state index in [1.165, 1.54) is 0 Å². The Bertz CT molecular complexity index is 590. The molecule has 120 valence electrons. The van der Waals surface area contributed by atoms with Gasteiger partial charge in [0, 0.05) is 37.1 Å². The summed E-state index contributed by atoms with van der Waals surface area (Å²) >= 11 is 0. The summed E-state index contributed by atoms with van der Waals surface area (Å²) in [7, 11) is 0. The van der Waals surface area contributed by atoms with Crippen LogP contribution in [0.3, 0.4) is 0 Å². The lowest BCUT2D eigenvalue weighted by Gasteiger charge is -2.32. The van der Waals surface area contributed by atoms with Gasteiger partial charge in [0.1, 0.15) is 0 Å². The Balaban J connectivity index is 1.59. The van der Waals surface area contributed by atoms with E-state index >= 15 is 0 Å². The van der Waals surface area contributed by atoms with Gasteiger partial charge >= 0.3 is 6.18 Å². The van der Waals surface area contributed by atoms with E-state index < -0.39 is 11.9 Å². The third kappa shape index (κ3) is 3.49. The first-order valence-electron chi connectivity index (χ1n) is 7.34. The molecule has 22 heavy (non-hydrogen) atoms. The maximum absolute atomic E-state index is 12.6. The van der Waals surface area contributed by atoms with Crippen molar-refractivity contribution in [3.05, 3.63) is 35.9 Å². The lowest BCUT2D eigenvalue weighted by molar-refractivity contribution is -0.141. The van der Waals surface area contributed by atoms with E-state index in [4.69, 9.17) is 0 Å². The lowest BCUT2D eigenvalue weighted by Crippen LogP contribution is -2.36. The number of aromatic nitrogens is 4. The van der Waals surface area contributed by atoms with Gasteiger partial charge in [0.15, 0.2) is 5.69 Å². The number of rotatable bonds is 4. The molecule has 8 heteroatoms. The van der Waals surface area contributed by atoms with Gasteiger partial charge in [-0.3, -0.25) is 9.78 Å². The van der Waals surface area contributed by atoms with Crippen LogP contribution < -0.4 is 0 Å². The average molecular weight is 313 g/mol. The molecule has 1 saturated heterocycles. The lowest BCUT2D eigenvalue weighted by atomic mass is 9.94. The molecule has 1 N–H and O–H groups in total. The summed E-state index contributed by atoms with van der Waals surface area (Å²) in [4.78, 5) is 2.27. The summed E-state index contributed by atoms with van der Waals surface area (Å²) in [5.74, 6) is 0.0787. The Kier molecular flexibility index (Phi) is 4.19. The molecular weight excluding hydrogens is 295 g/mol. The van der Waals surface area contributed by atoms with E-state index in [2.05, 4.69) is 20.2 Å². The summed E-state index contributed by atoms with van der Waals surface area (Å²) in [6.07, 6.45) is 1.12. The van der Waals surface area contributed by atoms with Crippen LogP contribution in [0.4, 0.5) is 13.2 Å². The normalized spacial score (nSPS) is 20.4. The van der Waals surface area contributed by atoms with Crippen molar-refractivity contribution in [3.63, 3.8) is 0 Å². The Morgan fingerprint density at radius 2 is 2.18 bits per heavy atom. The molecule has 0 amide bonds. The maximum atomic E-state index is 12.6. The summed E-state index contributed by atoms with van der Waals surface area (Å²) in [6.45, 7) is 3.35. The number of nitrogens with one attached hydrogen (secondary N) is 1. The Labute approximate surface area is 126 Å². The molecule has 2 aromatic rings. The van der Waals surface area contributed by atoms with Gasteiger partial charge in [-0.15, -0.1) is 0 Å². The van der Waals surface area contributed by atoms with Crippen LogP contribution in [-0.2, 0) is 12.7 Å². The molecule has 2 aromatic heterocycles. The van der Waals surface area contributed by atoms with E-state index in [0.717, 1.165) is 45.1 Å². The molecule has 0 aliphatic carbocycles. The van der Waals surface area contributed by atoms with Gasteiger partial charge in [0.05, 0.1) is 6.54 Å². The first-order chi connectivity index (χ1) is 10.5. The van der Waals surface area contributed by atoms with Crippen LogP contribution in [0.15, 0.2) is 24.5 Å². The van der Waals surface area contributed by atoms with E-state index in [-0.39, 0.29) is 5.92 Å². The molecule has 0 spiro atoms. The maximum Gasteiger partial charge on any atom is 0.435 e. The third-order valence-corrected chi connectivity index (χ3v) is 4.04. The predicted octanol–water partition coefficient (Wildman–Crippen LogP) is 2.50. The molecule has 1 aliphatic rings. The minimum atomic E-state index is -4.39. The molecule has 3 rings (SSSR count). The number of aromatic amines is 1. The topological polar surface area (TPSA) is 49.7 Å². The van der Waals surface area contributed by atoms with Crippen LogP contribution in [0.2, 0.25) is 0 Å². The van der Waals surface area contributed by atoms with Crippen LogP contribution in [0.5, 0.6) is 0 Å². The van der Waals surface area contributed by atoms with Crippen molar-refractivity contribution < 1.29 is 13.2 Å². The molecule has 1 fully saturated rings. The number of likely N-dealkylation sites (tertiary alicyclic amines) is 1. The Hall–Kier alpha value is -1.83. The molecule has 3 heterocycles. The summed E-state index contributed by atoms with van der Waals surface area (Å²) in [6, 6.07) is 3.02. The van der Waals surface area contributed by atoms with Gasteiger partial charge in [0.25, 0.3) is 0 Å². The summed E-state index contributed by atoms with van der Waals surface area (Å²) in [5, 5.41) is 10.1. The molecule has 0 radical (unpaired) electrons. The van der Waals surface area contributed by atoms with Crippen molar-refractivity contribution in [1.82, 2.24) is 24.9 Å². The fourth-order valence-corrected chi connectivity index (χ4v) is 2.88. The van der Waals surface area contributed by atoms with Gasteiger partial charge in [-0.05, 0) is 31.5 Å². The van der Waals surface area contributed by atoms with Crippen molar-refractivity contribution >= 4 is 0 Å². The smallest absolute Gasteiger partial charge is 0.301 e. The molecule has 5 nitrogen and oxygen atoms in total. The Morgan fingerprint density at radius 3 is 2.86 bits per heavy atom. The second kappa shape index (κ2) is 6.12. The van der Waals surface area contributed by atoms with Gasteiger partial charge in [-0.2, -0.15) is 23.4 Å². The summed E-state index contributed by atoms with van der Waals surface area (Å²) in [5.41, 5.74) is -0.257. The van der Waals surface area contributed by atoms with Crippen LogP contribution in [-0.4, -0.2) is 44.5 Å². The number of hydrogen-bond donors (Lipinski definition) is 1. The summed E-state index contributed by atoms with van der Waals surface area (Å²) < 4.78 is 39.7. The van der Waals surface area contributed by atoms with Crippen LogP contribution in [0, 0.1) is 0 Å². The fourth-order valence-electron chi connectivity index (χ4n) is 2.88. The first-order valence-corrected chi connectivity index (χ1v) is 7.34. The average Bonchev–Trinajstić information content (AvgIpc) is 3.16. The molecular formula is C14H18F3N5. The highest BCUT2D eigenvalue weighted by Crippen LogP contribution is 2.31. The minimum absolute atomic E-state index is 0.0787. The van der Waals surface area contributed by atoms with Gasteiger partial charge in [0.2, 0.25) is 0 Å². The molecule has 1 aliphatic heterocycles. The van der Waals surface area contributed by atoms with Crippen LogP contribution in [0.25, 0.3) is 0 Å². The molecule has 0 bridgehead atoms. The number of nitrogens with zero attached hydrogens (tertiary/aromatic N) is 4. The number of piperidine rings is 1. The molecule has 0 unspecified atom stereocenters. The monoisotopic (exact) mass is 313 g/mol. The Morgan fingerprint density at radius 1 is 1.32 bits per heavy atom. The highest BCUT2D eigenvalue weighted by Gasteiger charge is 2.35. The molecule has 1 atom stereocenters. The first kappa shape index (κ1) is 15.1. The highest BCUT2D eigenvalue weighted by molar-refractivity contribution is 5.16. The number of halogens is 3. The zero-order chi connectivity index (χ0) is 15.6. The van der Waals surface area contributed by atoms with Crippen molar-refractivity contribution in [2.75, 3.05) is 19.6 Å². The zero-order valence-electron chi connectivity index (χ0n) is 12.1. The van der Waals surface area contributed by atoms with E-state index in [9.17, 15) is 13.2 Å². The van der Waals surface area contributed by atoms with E-state index in [0.29, 0.717) is 5.69 Å². The number of alkyl halides is 3. The third-order valence-electron chi connectivity index (χ3n) is 4.04. The van der Waals surface area contributed by atoms with Crippen molar-refractivity contribution in [1.29, 1.82) is 0 Å². The van der Waals surface area contributed by atoms with E-state index in [1.54, 1.807) is 6.20 Å². The number of hydrogen-bond acceptors (Lipinski definition) is 3. The molecule has 0 saturated carbocycles. The van der Waals surface area contributed by atoms with Crippen LogP contribution >= 0.6 is 0 Å². The second-order valence-corrected chi connectivity index (χ2v) is 5.62. The van der Waals surface area contributed by atoms with Crippen LogP contribution in [0.1, 0.15) is 30.1 Å². The highest BCUT2D eigenvalue weighted by atomic mass is 19.4. The van der Waals surface area contributed by atoms with Crippen molar-refractivity contribution in [2.24, 2.45) is 0 Å². The van der Waals surface area contributed by atoms with Crippen molar-refractivity contribution in [3.8, 4) is 0 Å². The number of H-pyrrole nitrogens is 1. The quantitative estimate of drug-likeness (QED) is 0.943. The van der Waals surface area contributed by atoms with Gasteiger partial charge < -0.3 is 4.90 Å². The second-order valence-electron chi connectivity index (χ2n) is 5.62. The zero-order valence-corrected chi connectivity index (χ0v) is 12.1. The van der Waals surface area contributed by atoms with E-state index in [1.807, 2.05) is 16.9 Å². The predicted molar refractivity (Wildman–Crippen MR) is 74.2 cm³/mol. The SMILES string of the molecule is FC(F)(F)c1cc([C@H]2CCCN(CCn3cccn3)C2)[nH]n1. The fraction of sp³-hybridized carbons (Fsp3) is 0.571. The van der Waals surface area contributed by atoms with Gasteiger partial charge in [-0.1, -0.05) is 0 Å². The largest absolute Gasteiger partial charge is 0.435 e. The van der Waals surface area contributed by atoms with Crippen molar-refractivity contribution in [2.45, 2.75) is 31.5 Å². The molecule has 0 aromatic carbocycles.